The van der Waals surface area contributed by atoms with Gasteiger partial charge in [0.15, 0.2) is 4.77 Å². The number of hydrogen-bond donors (Lipinski definition) is 3. The van der Waals surface area contributed by atoms with E-state index in [1.807, 2.05) is 0 Å². The minimum atomic E-state index is -0.430. The average Bonchev–Trinajstić information content (AvgIpc) is 2.84. The maximum Gasteiger partial charge on any atom is 0.280 e. The predicted molar refractivity (Wildman–Crippen MR) is 72.1 cm³/mol. The first kappa shape index (κ1) is 12.1. The maximum atomic E-state index is 12.0. The van der Waals surface area contributed by atoms with Gasteiger partial charge < -0.3 is 15.1 Å². The summed E-state index contributed by atoms with van der Waals surface area (Å²) in [5.74, 6) is -0.607. The van der Waals surface area contributed by atoms with Gasteiger partial charge in [0.2, 0.25) is 5.88 Å². The maximum absolute atomic E-state index is 12.0. The number of hydrogen-bond acceptors (Lipinski definition) is 3. The van der Waals surface area contributed by atoms with Crippen LogP contribution in [0.15, 0.2) is 17.1 Å². The Morgan fingerprint density at radius 1 is 1.37 bits per heavy atom. The molecule has 1 amide bonds. The van der Waals surface area contributed by atoms with Gasteiger partial charge in [-0.15, -0.1) is 0 Å². The van der Waals surface area contributed by atoms with E-state index < -0.39 is 5.91 Å². The van der Waals surface area contributed by atoms with Crippen molar-refractivity contribution in [2.45, 2.75) is 6.92 Å². The fourth-order valence-corrected chi connectivity index (χ4v) is 2.44. The number of halogens is 1. The number of fused-ring (bicyclic) bond motifs is 1. The lowest BCUT2D eigenvalue weighted by atomic mass is 10.1. The third-order valence-corrected chi connectivity index (χ3v) is 3.63. The SMILES string of the molecule is Cc1c(Cl)ccc2c1=NC(=O)C=2c1[nH]c(=S)[nH]c1O. The molecule has 0 bridgehead atoms. The van der Waals surface area contributed by atoms with Gasteiger partial charge >= 0.3 is 0 Å². The van der Waals surface area contributed by atoms with Crippen LogP contribution >= 0.6 is 23.8 Å². The number of benzene rings is 1. The van der Waals surface area contributed by atoms with E-state index in [9.17, 15) is 9.90 Å². The molecule has 2 heterocycles. The van der Waals surface area contributed by atoms with Gasteiger partial charge in [0.1, 0.15) is 5.69 Å². The fraction of sp³-hybridized carbons (Fsp3) is 0.0833. The average molecular weight is 294 g/mol. The van der Waals surface area contributed by atoms with E-state index in [2.05, 4.69) is 15.0 Å². The molecule has 2 aromatic rings. The normalized spacial score (nSPS) is 13.6. The van der Waals surface area contributed by atoms with Crippen molar-refractivity contribution in [3.8, 4) is 5.88 Å². The second-order valence-corrected chi connectivity index (χ2v) is 4.98. The van der Waals surface area contributed by atoms with Crippen LogP contribution in [0.5, 0.6) is 5.88 Å². The number of carbonyl (C=O) groups is 1. The lowest BCUT2D eigenvalue weighted by molar-refractivity contribution is -0.112. The Bertz CT molecular complexity index is 895. The minimum Gasteiger partial charge on any atom is -0.493 e. The summed E-state index contributed by atoms with van der Waals surface area (Å²) in [6, 6.07) is 3.40. The first-order valence-electron chi connectivity index (χ1n) is 5.43. The summed E-state index contributed by atoms with van der Waals surface area (Å²) in [4.78, 5) is 21.3. The molecule has 0 aliphatic carbocycles. The number of aromatic hydroxyl groups is 1. The number of carbonyl (C=O) groups excluding carboxylic acids is 1. The van der Waals surface area contributed by atoms with Crippen molar-refractivity contribution >= 4 is 35.3 Å². The summed E-state index contributed by atoms with van der Waals surface area (Å²) in [7, 11) is 0. The van der Waals surface area contributed by atoms with Crippen LogP contribution in [-0.4, -0.2) is 21.0 Å². The summed E-state index contributed by atoms with van der Waals surface area (Å²) in [5, 5.41) is 11.5. The summed E-state index contributed by atoms with van der Waals surface area (Å²) in [6.07, 6.45) is 0. The molecule has 0 spiro atoms. The Hall–Kier alpha value is -1.92. The van der Waals surface area contributed by atoms with Crippen molar-refractivity contribution in [2.75, 3.05) is 0 Å². The molecule has 3 rings (SSSR count). The molecule has 1 aromatic carbocycles. The molecule has 0 saturated carbocycles. The van der Waals surface area contributed by atoms with Gasteiger partial charge in [0.05, 0.1) is 10.9 Å². The van der Waals surface area contributed by atoms with E-state index in [0.717, 1.165) is 5.56 Å². The molecule has 1 aliphatic heterocycles. The molecule has 5 nitrogen and oxygen atoms in total. The van der Waals surface area contributed by atoms with Crippen molar-refractivity contribution in [3.63, 3.8) is 0 Å². The zero-order valence-corrected chi connectivity index (χ0v) is 11.3. The van der Waals surface area contributed by atoms with Gasteiger partial charge in [-0.2, -0.15) is 0 Å². The van der Waals surface area contributed by atoms with Crippen molar-refractivity contribution < 1.29 is 9.90 Å². The summed E-state index contributed by atoms with van der Waals surface area (Å²) < 4.78 is 0.243. The number of amides is 1. The molecule has 0 atom stereocenters. The Kier molecular flexibility index (Phi) is 2.58. The Balaban J connectivity index is 2.46. The largest absolute Gasteiger partial charge is 0.493 e. The monoisotopic (exact) mass is 293 g/mol. The van der Waals surface area contributed by atoms with Crippen molar-refractivity contribution in [2.24, 2.45) is 4.99 Å². The number of aromatic amines is 2. The highest BCUT2D eigenvalue weighted by Crippen LogP contribution is 2.22. The highest BCUT2D eigenvalue weighted by Gasteiger charge is 2.23. The molecule has 96 valence electrons. The molecular weight excluding hydrogens is 286 g/mol. The molecule has 7 heteroatoms. The van der Waals surface area contributed by atoms with E-state index in [1.165, 1.54) is 0 Å². The lowest BCUT2D eigenvalue weighted by Crippen LogP contribution is -2.26. The lowest BCUT2D eigenvalue weighted by Gasteiger charge is -1.98. The van der Waals surface area contributed by atoms with Crippen LogP contribution in [0.25, 0.3) is 5.57 Å². The third kappa shape index (κ3) is 1.72. The van der Waals surface area contributed by atoms with Gasteiger partial charge in [0.25, 0.3) is 5.91 Å². The minimum absolute atomic E-state index is 0.177. The Morgan fingerprint density at radius 2 is 2.11 bits per heavy atom. The molecule has 0 fully saturated rings. The number of nitrogens with zero attached hydrogens (tertiary/aromatic N) is 1. The van der Waals surface area contributed by atoms with Gasteiger partial charge in [-0.05, 0) is 30.8 Å². The Labute approximate surface area is 117 Å². The third-order valence-electron chi connectivity index (χ3n) is 3.02. The molecule has 0 radical (unpaired) electrons. The molecule has 0 unspecified atom stereocenters. The van der Waals surface area contributed by atoms with E-state index in [0.29, 0.717) is 21.2 Å². The highest BCUT2D eigenvalue weighted by molar-refractivity contribution is 7.71. The molecular formula is C12H8ClN3O2S. The zero-order chi connectivity index (χ0) is 13.7. The van der Waals surface area contributed by atoms with Crippen LogP contribution in [0.4, 0.5) is 0 Å². The van der Waals surface area contributed by atoms with Crippen LogP contribution in [0, 0.1) is 11.7 Å². The fourth-order valence-electron chi connectivity index (χ4n) is 2.09. The van der Waals surface area contributed by atoms with E-state index in [-0.39, 0.29) is 16.3 Å². The molecule has 1 aliphatic rings. The zero-order valence-electron chi connectivity index (χ0n) is 9.74. The second kappa shape index (κ2) is 4.04. The highest BCUT2D eigenvalue weighted by atomic mass is 35.5. The Morgan fingerprint density at radius 3 is 2.74 bits per heavy atom. The number of H-pyrrole nitrogens is 2. The van der Waals surface area contributed by atoms with Crippen LogP contribution in [-0.2, 0) is 4.79 Å². The van der Waals surface area contributed by atoms with Gasteiger partial charge in [-0.3, -0.25) is 4.79 Å². The van der Waals surface area contributed by atoms with Crippen LogP contribution in [0.2, 0.25) is 5.02 Å². The summed E-state index contributed by atoms with van der Waals surface area (Å²) in [5.41, 5.74) is 1.27. The van der Waals surface area contributed by atoms with Crippen LogP contribution < -0.4 is 10.6 Å². The van der Waals surface area contributed by atoms with Crippen LogP contribution in [0.1, 0.15) is 11.3 Å². The topological polar surface area (TPSA) is 81.2 Å². The van der Waals surface area contributed by atoms with E-state index in [4.69, 9.17) is 23.8 Å². The number of aromatic nitrogens is 2. The smallest absolute Gasteiger partial charge is 0.280 e. The number of rotatable bonds is 1. The van der Waals surface area contributed by atoms with Crippen molar-refractivity contribution in [1.29, 1.82) is 0 Å². The van der Waals surface area contributed by atoms with Crippen LogP contribution in [0.3, 0.4) is 0 Å². The quantitative estimate of drug-likeness (QED) is 0.689. The summed E-state index contributed by atoms with van der Waals surface area (Å²) >= 11 is 10.9. The molecule has 19 heavy (non-hydrogen) atoms. The van der Waals surface area contributed by atoms with E-state index >= 15 is 0 Å². The molecule has 0 saturated heterocycles. The molecule has 1 aromatic heterocycles. The number of imidazole rings is 1. The summed E-state index contributed by atoms with van der Waals surface area (Å²) in [6.45, 7) is 1.79. The number of nitrogens with one attached hydrogen (secondary N) is 2. The van der Waals surface area contributed by atoms with Gasteiger partial charge in [-0.1, -0.05) is 17.7 Å². The van der Waals surface area contributed by atoms with Crippen molar-refractivity contribution in [3.05, 3.63) is 43.8 Å². The molecule has 3 N–H and O–H groups in total. The van der Waals surface area contributed by atoms with Gasteiger partial charge in [0, 0.05) is 10.2 Å². The first-order chi connectivity index (χ1) is 8.99. The van der Waals surface area contributed by atoms with Crippen molar-refractivity contribution in [1.82, 2.24) is 9.97 Å². The van der Waals surface area contributed by atoms with Gasteiger partial charge in [-0.25, -0.2) is 4.99 Å². The standard InChI is InChI=1S/C12H8ClN3O2S/c1-4-6(13)3-2-5-7(10(17)14-8(4)5)9-11(18)16-12(19)15-9/h2-3,18H,1H3,(H2,15,16,19). The predicted octanol–water partition coefficient (Wildman–Crippen LogP) is 1.10. The first-order valence-corrected chi connectivity index (χ1v) is 6.21. The van der Waals surface area contributed by atoms with E-state index in [1.54, 1.807) is 19.1 Å². The second-order valence-electron chi connectivity index (χ2n) is 4.16.